The van der Waals surface area contributed by atoms with Gasteiger partial charge in [0.1, 0.15) is 23.4 Å². The average Bonchev–Trinajstić information content (AvgIpc) is 3.24. The molecule has 6 nitrogen and oxygen atoms in total. The predicted molar refractivity (Wildman–Crippen MR) is 102 cm³/mol. The molecule has 1 atom stereocenters. The smallest absolute Gasteiger partial charge is 0.272 e. The van der Waals surface area contributed by atoms with Gasteiger partial charge in [-0.2, -0.15) is 5.10 Å². The SMILES string of the molecule is COc1ccc(-c2cc(C(=O)N3CCO[C@H](c4ccc(F)cc4)C3)[nH]n2)cc1. The predicted octanol–water partition coefficient (Wildman–Crippen LogP) is 3.44. The molecule has 1 amide bonds. The second-order valence-corrected chi connectivity index (χ2v) is 6.56. The number of aromatic nitrogens is 2. The van der Waals surface area contributed by atoms with Crippen molar-refractivity contribution in [1.29, 1.82) is 0 Å². The molecule has 0 saturated carbocycles. The second kappa shape index (κ2) is 7.82. The number of ether oxygens (including phenoxy) is 2. The Bertz CT molecular complexity index is 954. The van der Waals surface area contributed by atoms with Crippen molar-refractivity contribution in [3.8, 4) is 17.0 Å². The van der Waals surface area contributed by atoms with Gasteiger partial charge in [0.25, 0.3) is 5.91 Å². The van der Waals surface area contributed by atoms with Crippen molar-refractivity contribution in [1.82, 2.24) is 15.1 Å². The zero-order valence-electron chi connectivity index (χ0n) is 15.4. The van der Waals surface area contributed by atoms with Crippen LogP contribution in [0.4, 0.5) is 4.39 Å². The molecule has 0 bridgehead atoms. The van der Waals surface area contributed by atoms with Crippen LogP contribution >= 0.6 is 0 Å². The molecule has 1 aliphatic rings. The summed E-state index contributed by atoms with van der Waals surface area (Å²) in [4.78, 5) is 14.6. The second-order valence-electron chi connectivity index (χ2n) is 6.56. The molecule has 2 heterocycles. The van der Waals surface area contributed by atoms with Gasteiger partial charge in [-0.3, -0.25) is 9.89 Å². The minimum Gasteiger partial charge on any atom is -0.497 e. The zero-order valence-corrected chi connectivity index (χ0v) is 15.4. The van der Waals surface area contributed by atoms with Crippen LogP contribution in [0.5, 0.6) is 5.75 Å². The topological polar surface area (TPSA) is 67.4 Å². The lowest BCUT2D eigenvalue weighted by molar-refractivity contribution is -0.0230. The van der Waals surface area contributed by atoms with Crippen LogP contribution in [-0.2, 0) is 4.74 Å². The average molecular weight is 381 g/mol. The number of aromatic amines is 1. The summed E-state index contributed by atoms with van der Waals surface area (Å²) in [6, 6.07) is 15.4. The van der Waals surface area contributed by atoms with E-state index < -0.39 is 0 Å². The number of carbonyl (C=O) groups excluding carboxylic acids is 1. The molecule has 0 unspecified atom stereocenters. The highest BCUT2D eigenvalue weighted by Gasteiger charge is 2.27. The van der Waals surface area contributed by atoms with E-state index in [2.05, 4.69) is 10.2 Å². The number of nitrogens with one attached hydrogen (secondary N) is 1. The largest absolute Gasteiger partial charge is 0.497 e. The van der Waals surface area contributed by atoms with Gasteiger partial charge in [0, 0.05) is 12.1 Å². The van der Waals surface area contributed by atoms with Crippen molar-refractivity contribution in [2.24, 2.45) is 0 Å². The molecule has 1 aliphatic heterocycles. The van der Waals surface area contributed by atoms with Gasteiger partial charge in [-0.25, -0.2) is 4.39 Å². The third-order valence-corrected chi connectivity index (χ3v) is 4.79. The van der Waals surface area contributed by atoms with E-state index in [9.17, 15) is 9.18 Å². The molecule has 1 saturated heterocycles. The number of halogens is 1. The van der Waals surface area contributed by atoms with E-state index in [0.29, 0.717) is 31.1 Å². The summed E-state index contributed by atoms with van der Waals surface area (Å²) in [6.45, 7) is 1.32. The number of methoxy groups -OCH3 is 1. The van der Waals surface area contributed by atoms with Gasteiger partial charge < -0.3 is 14.4 Å². The number of benzene rings is 2. The van der Waals surface area contributed by atoms with Crippen molar-refractivity contribution < 1.29 is 18.7 Å². The van der Waals surface area contributed by atoms with Gasteiger partial charge >= 0.3 is 0 Å². The van der Waals surface area contributed by atoms with Crippen LogP contribution in [0.25, 0.3) is 11.3 Å². The van der Waals surface area contributed by atoms with Crippen LogP contribution < -0.4 is 4.74 Å². The van der Waals surface area contributed by atoms with E-state index in [1.807, 2.05) is 24.3 Å². The lowest BCUT2D eigenvalue weighted by Crippen LogP contribution is -2.42. The van der Waals surface area contributed by atoms with Crippen molar-refractivity contribution in [2.75, 3.05) is 26.8 Å². The van der Waals surface area contributed by atoms with Gasteiger partial charge in [0.2, 0.25) is 0 Å². The summed E-state index contributed by atoms with van der Waals surface area (Å²) in [6.07, 6.45) is -0.276. The van der Waals surface area contributed by atoms with Crippen molar-refractivity contribution in [3.63, 3.8) is 0 Å². The Kier molecular flexibility index (Phi) is 5.08. The maximum Gasteiger partial charge on any atom is 0.272 e. The van der Waals surface area contributed by atoms with Gasteiger partial charge in [0.15, 0.2) is 0 Å². The number of hydrogen-bond acceptors (Lipinski definition) is 4. The fraction of sp³-hybridized carbons (Fsp3) is 0.238. The molecular weight excluding hydrogens is 361 g/mol. The Morgan fingerprint density at radius 3 is 2.68 bits per heavy atom. The molecule has 1 N–H and O–H groups in total. The summed E-state index contributed by atoms with van der Waals surface area (Å²) in [5.74, 6) is 0.328. The van der Waals surface area contributed by atoms with Crippen LogP contribution in [0.3, 0.4) is 0 Å². The molecule has 1 aromatic heterocycles. The molecule has 0 aliphatic carbocycles. The maximum atomic E-state index is 13.1. The van der Waals surface area contributed by atoms with Crippen LogP contribution in [0, 0.1) is 5.82 Å². The Morgan fingerprint density at radius 2 is 1.96 bits per heavy atom. The van der Waals surface area contributed by atoms with Gasteiger partial charge in [-0.05, 0) is 48.0 Å². The minimum absolute atomic E-state index is 0.136. The van der Waals surface area contributed by atoms with E-state index in [4.69, 9.17) is 9.47 Å². The molecule has 1 fully saturated rings. The summed E-state index contributed by atoms with van der Waals surface area (Å²) in [7, 11) is 1.61. The van der Waals surface area contributed by atoms with Crippen molar-refractivity contribution in [2.45, 2.75) is 6.10 Å². The molecule has 0 spiro atoms. The molecule has 28 heavy (non-hydrogen) atoms. The number of rotatable bonds is 4. The monoisotopic (exact) mass is 381 g/mol. The fourth-order valence-corrected chi connectivity index (χ4v) is 3.22. The molecule has 7 heteroatoms. The van der Waals surface area contributed by atoms with Gasteiger partial charge in [-0.1, -0.05) is 12.1 Å². The van der Waals surface area contributed by atoms with Crippen LogP contribution in [-0.4, -0.2) is 47.8 Å². The van der Waals surface area contributed by atoms with E-state index in [0.717, 1.165) is 16.9 Å². The Labute approximate surface area is 161 Å². The number of morpholine rings is 1. The Morgan fingerprint density at radius 1 is 1.21 bits per heavy atom. The maximum absolute atomic E-state index is 13.1. The van der Waals surface area contributed by atoms with E-state index in [1.54, 1.807) is 30.2 Å². The minimum atomic E-state index is -0.295. The highest BCUT2D eigenvalue weighted by molar-refractivity contribution is 5.93. The highest BCUT2D eigenvalue weighted by Crippen LogP contribution is 2.25. The Hall–Kier alpha value is -3.19. The number of H-pyrrole nitrogens is 1. The summed E-state index contributed by atoms with van der Waals surface area (Å²) < 4.78 is 24.1. The molecule has 2 aromatic carbocycles. The third-order valence-electron chi connectivity index (χ3n) is 4.79. The molecule has 0 radical (unpaired) electrons. The van der Waals surface area contributed by atoms with Crippen molar-refractivity contribution >= 4 is 5.91 Å². The molecule has 3 aromatic rings. The summed E-state index contributed by atoms with van der Waals surface area (Å²) >= 11 is 0. The highest BCUT2D eigenvalue weighted by atomic mass is 19.1. The first-order chi connectivity index (χ1) is 13.6. The number of carbonyl (C=O) groups is 1. The Balaban J connectivity index is 1.48. The first kappa shape index (κ1) is 18.2. The first-order valence-corrected chi connectivity index (χ1v) is 9.00. The lowest BCUT2D eigenvalue weighted by atomic mass is 10.1. The van der Waals surface area contributed by atoms with Crippen LogP contribution in [0.1, 0.15) is 22.2 Å². The van der Waals surface area contributed by atoms with E-state index >= 15 is 0 Å². The zero-order chi connectivity index (χ0) is 19.5. The van der Waals surface area contributed by atoms with Crippen molar-refractivity contribution in [3.05, 3.63) is 71.7 Å². The molecule has 4 rings (SSSR count). The molecular formula is C21H20FN3O3. The van der Waals surface area contributed by atoms with Crippen LogP contribution in [0.15, 0.2) is 54.6 Å². The molecule has 144 valence electrons. The van der Waals surface area contributed by atoms with Gasteiger partial charge in [-0.15, -0.1) is 0 Å². The van der Waals surface area contributed by atoms with Gasteiger partial charge in [0.05, 0.1) is 26.0 Å². The normalized spacial score (nSPS) is 16.8. The number of hydrogen-bond donors (Lipinski definition) is 1. The summed E-state index contributed by atoms with van der Waals surface area (Å²) in [5, 5.41) is 7.09. The number of amides is 1. The van der Waals surface area contributed by atoms with E-state index in [1.165, 1.54) is 12.1 Å². The number of nitrogens with zero attached hydrogens (tertiary/aromatic N) is 2. The summed E-state index contributed by atoms with van der Waals surface area (Å²) in [5.41, 5.74) is 2.85. The fourth-order valence-electron chi connectivity index (χ4n) is 3.22. The third kappa shape index (κ3) is 3.75. The first-order valence-electron chi connectivity index (χ1n) is 9.00. The standard InChI is InChI=1S/C21H20FN3O3/c1-27-17-8-4-14(5-9-17)18-12-19(24-23-18)21(26)25-10-11-28-20(13-25)15-2-6-16(22)7-3-15/h2-9,12,20H,10-11,13H2,1H3,(H,23,24)/t20-/m0/s1. The van der Waals surface area contributed by atoms with E-state index in [-0.39, 0.29) is 17.8 Å². The lowest BCUT2D eigenvalue weighted by Gasteiger charge is -2.32. The van der Waals surface area contributed by atoms with Crippen LogP contribution in [0.2, 0.25) is 0 Å². The quantitative estimate of drug-likeness (QED) is 0.752.